The van der Waals surface area contributed by atoms with Gasteiger partial charge in [0.05, 0.1) is 11.6 Å². The first-order valence-electron chi connectivity index (χ1n) is 9.26. The minimum Gasteiger partial charge on any atom is -0.345 e. The van der Waals surface area contributed by atoms with Gasteiger partial charge in [-0.15, -0.1) is 6.58 Å². The van der Waals surface area contributed by atoms with Crippen molar-refractivity contribution in [2.75, 3.05) is 0 Å². The van der Waals surface area contributed by atoms with Crippen molar-refractivity contribution < 1.29 is 14.8 Å². The molecule has 6 nitrogen and oxygen atoms in total. The number of hydrogen-bond donors (Lipinski definition) is 3. The van der Waals surface area contributed by atoms with E-state index in [1.54, 1.807) is 0 Å². The van der Waals surface area contributed by atoms with Crippen molar-refractivity contribution in [2.24, 2.45) is 0 Å². The Hall–Kier alpha value is -2.65. The fraction of sp³-hybridized carbons (Fsp3) is 0.476. The standard InChI is InChI=1S/C13H24N2O3.C8H7N/c1-3-4-5-6-7-8-9-10-12(16)14-11(2)13(17)15-18;1-7-4-2-3-5-8(7)6-9/h3,11,18H,1,4-10H2,2H3,(H,14,16)(H,15,17);2-5H,1H3. The first-order valence-corrected chi connectivity index (χ1v) is 9.26. The predicted molar refractivity (Wildman–Crippen MR) is 106 cm³/mol. The molecule has 0 aliphatic heterocycles. The van der Waals surface area contributed by atoms with E-state index in [9.17, 15) is 9.59 Å². The van der Waals surface area contributed by atoms with E-state index in [4.69, 9.17) is 10.5 Å². The van der Waals surface area contributed by atoms with E-state index in [2.05, 4.69) is 18.0 Å². The number of nitrogens with one attached hydrogen (secondary N) is 2. The molecular formula is C21H31N3O3. The van der Waals surface area contributed by atoms with Crippen molar-refractivity contribution in [1.82, 2.24) is 10.8 Å². The maximum absolute atomic E-state index is 11.4. The molecule has 0 saturated heterocycles. The van der Waals surface area contributed by atoms with Gasteiger partial charge < -0.3 is 5.32 Å². The van der Waals surface area contributed by atoms with Crippen molar-refractivity contribution in [2.45, 2.75) is 64.8 Å². The highest BCUT2D eigenvalue weighted by molar-refractivity contribution is 5.86. The molecule has 0 heterocycles. The number of rotatable bonds is 10. The Morgan fingerprint density at radius 1 is 1.22 bits per heavy atom. The van der Waals surface area contributed by atoms with Gasteiger partial charge in [-0.3, -0.25) is 14.8 Å². The van der Waals surface area contributed by atoms with Crippen molar-refractivity contribution >= 4 is 11.8 Å². The monoisotopic (exact) mass is 373 g/mol. The first-order chi connectivity index (χ1) is 13.0. The third-order valence-corrected chi connectivity index (χ3v) is 3.96. The second-order valence-corrected chi connectivity index (χ2v) is 6.29. The summed E-state index contributed by atoms with van der Waals surface area (Å²) in [5, 5.41) is 19.4. The quantitative estimate of drug-likeness (QED) is 0.251. The summed E-state index contributed by atoms with van der Waals surface area (Å²) in [6, 6.07) is 8.93. The number of aryl methyl sites for hydroxylation is 1. The molecule has 1 aromatic carbocycles. The molecule has 1 aromatic rings. The van der Waals surface area contributed by atoms with Crippen LogP contribution >= 0.6 is 0 Å². The highest BCUT2D eigenvalue weighted by atomic mass is 16.5. The number of hydrogen-bond acceptors (Lipinski definition) is 4. The second kappa shape index (κ2) is 15.6. The number of carbonyl (C=O) groups excluding carboxylic acids is 2. The van der Waals surface area contributed by atoms with Crippen molar-refractivity contribution in [3.05, 3.63) is 48.0 Å². The number of benzene rings is 1. The molecule has 0 radical (unpaired) electrons. The maximum Gasteiger partial charge on any atom is 0.265 e. The Morgan fingerprint density at radius 2 is 1.85 bits per heavy atom. The molecule has 0 aliphatic rings. The van der Waals surface area contributed by atoms with Crippen LogP contribution in [0.1, 0.15) is 63.0 Å². The summed E-state index contributed by atoms with van der Waals surface area (Å²) in [5.41, 5.74) is 3.31. The van der Waals surface area contributed by atoms with Crippen LogP contribution in [0.25, 0.3) is 0 Å². The van der Waals surface area contributed by atoms with Gasteiger partial charge in [-0.1, -0.05) is 43.5 Å². The zero-order valence-corrected chi connectivity index (χ0v) is 16.3. The average molecular weight is 373 g/mol. The van der Waals surface area contributed by atoms with Crippen LogP contribution in [0.15, 0.2) is 36.9 Å². The SMILES string of the molecule is C=CCCCCCCCC(=O)NC(C)C(=O)NO.Cc1ccccc1C#N. The Morgan fingerprint density at radius 3 is 2.41 bits per heavy atom. The van der Waals surface area contributed by atoms with Gasteiger partial charge in [-0.05, 0) is 44.7 Å². The molecule has 148 valence electrons. The van der Waals surface area contributed by atoms with Gasteiger partial charge in [-0.2, -0.15) is 5.26 Å². The topological polar surface area (TPSA) is 102 Å². The fourth-order valence-electron chi connectivity index (χ4n) is 2.28. The number of amides is 2. The van der Waals surface area contributed by atoms with Crippen LogP contribution in [0, 0.1) is 18.3 Å². The van der Waals surface area contributed by atoms with Crippen LogP contribution in [0.3, 0.4) is 0 Å². The number of carbonyl (C=O) groups is 2. The van der Waals surface area contributed by atoms with E-state index in [0.29, 0.717) is 6.42 Å². The average Bonchev–Trinajstić information content (AvgIpc) is 2.67. The van der Waals surface area contributed by atoms with Gasteiger partial charge in [0.15, 0.2) is 0 Å². The Bertz CT molecular complexity index is 623. The van der Waals surface area contributed by atoms with E-state index in [-0.39, 0.29) is 5.91 Å². The van der Waals surface area contributed by atoms with E-state index < -0.39 is 11.9 Å². The van der Waals surface area contributed by atoms with E-state index in [1.807, 2.05) is 37.3 Å². The van der Waals surface area contributed by atoms with E-state index in [1.165, 1.54) is 12.4 Å². The number of nitriles is 1. The van der Waals surface area contributed by atoms with Crippen molar-refractivity contribution in [3.8, 4) is 6.07 Å². The van der Waals surface area contributed by atoms with Crippen LogP contribution in [-0.2, 0) is 9.59 Å². The summed E-state index contributed by atoms with van der Waals surface area (Å²) in [6.07, 6.45) is 8.67. The van der Waals surface area contributed by atoms with Crippen LogP contribution in [0.5, 0.6) is 0 Å². The fourth-order valence-corrected chi connectivity index (χ4v) is 2.28. The van der Waals surface area contributed by atoms with Crippen LogP contribution in [0.2, 0.25) is 0 Å². The first kappa shape index (κ1) is 24.4. The van der Waals surface area contributed by atoms with Crippen molar-refractivity contribution in [1.29, 1.82) is 5.26 Å². The lowest BCUT2D eigenvalue weighted by molar-refractivity contribution is -0.134. The van der Waals surface area contributed by atoms with Crippen LogP contribution in [-0.4, -0.2) is 23.1 Å². The largest absolute Gasteiger partial charge is 0.345 e. The summed E-state index contributed by atoms with van der Waals surface area (Å²) in [4.78, 5) is 22.4. The van der Waals surface area contributed by atoms with Crippen LogP contribution < -0.4 is 10.8 Å². The predicted octanol–water partition coefficient (Wildman–Crippen LogP) is 3.78. The number of allylic oxidation sites excluding steroid dienone is 1. The second-order valence-electron chi connectivity index (χ2n) is 6.29. The zero-order valence-electron chi connectivity index (χ0n) is 16.3. The Labute approximate surface area is 162 Å². The third-order valence-electron chi connectivity index (χ3n) is 3.96. The molecule has 1 atom stereocenters. The van der Waals surface area contributed by atoms with E-state index >= 15 is 0 Å². The highest BCUT2D eigenvalue weighted by Crippen LogP contribution is 2.07. The molecule has 0 saturated carbocycles. The van der Waals surface area contributed by atoms with Gasteiger partial charge in [0.1, 0.15) is 6.04 Å². The lowest BCUT2D eigenvalue weighted by atomic mass is 10.1. The molecule has 3 N–H and O–H groups in total. The minimum atomic E-state index is -0.699. The molecule has 0 aliphatic carbocycles. The van der Waals surface area contributed by atoms with Gasteiger partial charge >= 0.3 is 0 Å². The molecule has 0 aromatic heterocycles. The summed E-state index contributed by atoms with van der Waals surface area (Å²) in [6.45, 7) is 7.12. The minimum absolute atomic E-state index is 0.155. The highest BCUT2D eigenvalue weighted by Gasteiger charge is 2.13. The number of hydroxylamine groups is 1. The van der Waals surface area contributed by atoms with E-state index in [0.717, 1.165) is 49.7 Å². The van der Waals surface area contributed by atoms with Gasteiger partial charge in [0.2, 0.25) is 5.91 Å². The third kappa shape index (κ3) is 12.4. The number of unbranched alkanes of at least 4 members (excludes halogenated alkanes) is 5. The van der Waals surface area contributed by atoms with Gasteiger partial charge in [-0.25, -0.2) is 5.48 Å². The lowest BCUT2D eigenvalue weighted by Gasteiger charge is -2.11. The summed E-state index contributed by atoms with van der Waals surface area (Å²) in [7, 11) is 0. The summed E-state index contributed by atoms with van der Waals surface area (Å²) < 4.78 is 0. The van der Waals surface area contributed by atoms with Crippen molar-refractivity contribution in [3.63, 3.8) is 0 Å². The molecule has 0 fully saturated rings. The number of nitrogens with zero attached hydrogens (tertiary/aromatic N) is 1. The molecule has 6 heteroatoms. The lowest BCUT2D eigenvalue weighted by Crippen LogP contribution is -2.43. The smallest absolute Gasteiger partial charge is 0.265 e. The molecule has 0 spiro atoms. The van der Waals surface area contributed by atoms with Gasteiger partial charge in [0.25, 0.3) is 5.91 Å². The summed E-state index contributed by atoms with van der Waals surface area (Å²) >= 11 is 0. The zero-order chi connectivity index (χ0) is 20.5. The molecule has 1 unspecified atom stereocenters. The Kier molecular flexibility index (Phi) is 14.1. The molecule has 0 bridgehead atoms. The molecule has 27 heavy (non-hydrogen) atoms. The Balaban J connectivity index is 0.000000621. The molecular weight excluding hydrogens is 342 g/mol. The normalized spacial score (nSPS) is 10.6. The summed E-state index contributed by atoms with van der Waals surface area (Å²) in [5.74, 6) is -0.759. The van der Waals surface area contributed by atoms with Gasteiger partial charge in [0, 0.05) is 6.42 Å². The molecule has 1 rings (SSSR count). The maximum atomic E-state index is 11.4. The molecule has 2 amide bonds. The van der Waals surface area contributed by atoms with Crippen LogP contribution in [0.4, 0.5) is 0 Å².